The number of anilines is 2. The molecule has 0 spiro atoms. The summed E-state index contributed by atoms with van der Waals surface area (Å²) in [5, 5.41) is 4.23. The number of fused-ring (bicyclic) bond motifs is 2. The number of rotatable bonds is 2. The van der Waals surface area contributed by atoms with Crippen LogP contribution in [0.2, 0.25) is 0 Å². The highest BCUT2D eigenvalue weighted by Crippen LogP contribution is 2.30. The first-order valence-corrected chi connectivity index (χ1v) is 8.98. The molecule has 1 aliphatic rings. The molecule has 0 aromatic carbocycles. The van der Waals surface area contributed by atoms with Crippen molar-refractivity contribution < 1.29 is 13.2 Å². The van der Waals surface area contributed by atoms with Crippen molar-refractivity contribution in [3.8, 4) is 0 Å². The van der Waals surface area contributed by atoms with Gasteiger partial charge >= 0.3 is 6.18 Å². The molecule has 5 heterocycles. The quantitative estimate of drug-likeness (QED) is 0.505. The van der Waals surface area contributed by atoms with Crippen molar-refractivity contribution >= 4 is 23.1 Å². The molecule has 0 saturated carbocycles. The monoisotopic (exact) mass is 403 g/mol. The third-order valence-electron chi connectivity index (χ3n) is 4.91. The maximum absolute atomic E-state index is 13.0. The van der Waals surface area contributed by atoms with Crippen LogP contribution in [0.3, 0.4) is 0 Å². The Labute approximate surface area is 162 Å². The maximum atomic E-state index is 13.0. The highest BCUT2D eigenvalue weighted by molar-refractivity contribution is 5.65. The second-order valence-corrected chi connectivity index (χ2v) is 6.81. The molecule has 0 radical (unpaired) electrons. The van der Waals surface area contributed by atoms with Gasteiger partial charge in [0.15, 0.2) is 17.2 Å². The van der Waals surface area contributed by atoms with Gasteiger partial charge in [0.05, 0.1) is 0 Å². The summed E-state index contributed by atoms with van der Waals surface area (Å²) in [6.45, 7) is 4.36. The first kappa shape index (κ1) is 17.6. The molecule has 0 N–H and O–H groups in total. The number of hydrogen-bond donors (Lipinski definition) is 0. The van der Waals surface area contributed by atoms with Gasteiger partial charge < -0.3 is 14.2 Å². The molecule has 1 saturated heterocycles. The highest BCUT2D eigenvalue weighted by Gasteiger charge is 2.35. The van der Waals surface area contributed by atoms with Crippen LogP contribution in [0.5, 0.6) is 0 Å². The van der Waals surface area contributed by atoms with Gasteiger partial charge in [-0.1, -0.05) is 0 Å². The molecule has 4 aromatic rings. The predicted octanol–water partition coefficient (Wildman–Crippen LogP) is 1.82. The molecule has 9 nitrogen and oxygen atoms in total. The molecule has 4 aromatic heterocycles. The lowest BCUT2D eigenvalue weighted by molar-refractivity contribution is -0.140. The molecule has 0 bridgehead atoms. The molecule has 1 aliphatic heterocycles. The van der Waals surface area contributed by atoms with E-state index in [0.717, 1.165) is 17.7 Å². The fourth-order valence-corrected chi connectivity index (χ4v) is 3.55. The summed E-state index contributed by atoms with van der Waals surface area (Å²) in [6, 6.07) is 1.94. The van der Waals surface area contributed by atoms with Gasteiger partial charge in [-0.15, -0.1) is 0 Å². The zero-order valence-electron chi connectivity index (χ0n) is 15.4. The van der Waals surface area contributed by atoms with Crippen molar-refractivity contribution in [3.63, 3.8) is 0 Å². The fourth-order valence-electron chi connectivity index (χ4n) is 3.55. The summed E-state index contributed by atoms with van der Waals surface area (Å²) in [5.74, 6) is 1.86. The van der Waals surface area contributed by atoms with Gasteiger partial charge in [0.25, 0.3) is 5.78 Å². The van der Waals surface area contributed by atoms with Crippen molar-refractivity contribution in [2.24, 2.45) is 0 Å². The third-order valence-corrected chi connectivity index (χ3v) is 4.91. The molecule has 0 aliphatic carbocycles. The zero-order valence-corrected chi connectivity index (χ0v) is 15.4. The largest absolute Gasteiger partial charge is 0.434 e. The minimum Gasteiger partial charge on any atom is -0.353 e. The van der Waals surface area contributed by atoms with Gasteiger partial charge in [-0.3, -0.25) is 0 Å². The molecule has 150 valence electrons. The van der Waals surface area contributed by atoms with Gasteiger partial charge in [0.2, 0.25) is 0 Å². The molecule has 0 amide bonds. The van der Waals surface area contributed by atoms with Gasteiger partial charge in [-0.05, 0) is 6.92 Å². The van der Waals surface area contributed by atoms with Gasteiger partial charge in [-0.25, -0.2) is 15.0 Å². The molecule has 12 heteroatoms. The fraction of sp³-hybridized carbons (Fsp3) is 0.353. The Morgan fingerprint density at radius 3 is 2.52 bits per heavy atom. The molecule has 0 unspecified atom stereocenters. The lowest BCUT2D eigenvalue weighted by atomic mass is 10.3. The van der Waals surface area contributed by atoms with E-state index >= 15 is 0 Å². The van der Waals surface area contributed by atoms with Crippen LogP contribution >= 0.6 is 0 Å². The van der Waals surface area contributed by atoms with Gasteiger partial charge in [0, 0.05) is 56.5 Å². The Bertz CT molecular complexity index is 1190. The Hall–Kier alpha value is -3.44. The number of halogens is 3. The van der Waals surface area contributed by atoms with Crippen molar-refractivity contribution in [1.29, 1.82) is 0 Å². The Morgan fingerprint density at radius 1 is 1.00 bits per heavy atom. The number of alkyl halides is 3. The number of nitrogens with zero attached hydrogens (tertiary/aromatic N) is 9. The Balaban J connectivity index is 1.42. The van der Waals surface area contributed by atoms with Crippen LogP contribution in [0, 0.1) is 6.92 Å². The van der Waals surface area contributed by atoms with E-state index in [2.05, 4.69) is 29.9 Å². The van der Waals surface area contributed by atoms with Crippen LogP contribution in [0.4, 0.5) is 24.8 Å². The smallest absolute Gasteiger partial charge is 0.353 e. The Kier molecular flexibility index (Phi) is 3.83. The van der Waals surface area contributed by atoms with Crippen molar-refractivity contribution in [3.05, 3.63) is 42.4 Å². The van der Waals surface area contributed by atoms with Crippen molar-refractivity contribution in [2.75, 3.05) is 36.0 Å². The minimum atomic E-state index is -4.50. The minimum absolute atomic E-state index is 0.201. The maximum Gasteiger partial charge on any atom is 0.434 e. The normalized spacial score (nSPS) is 15.6. The van der Waals surface area contributed by atoms with Crippen molar-refractivity contribution in [2.45, 2.75) is 13.1 Å². The van der Waals surface area contributed by atoms with Crippen LogP contribution in [0.1, 0.15) is 11.4 Å². The topological polar surface area (TPSA) is 79.8 Å². The second kappa shape index (κ2) is 6.29. The lowest BCUT2D eigenvalue weighted by Crippen LogP contribution is -2.47. The number of aromatic nitrogens is 7. The summed E-state index contributed by atoms with van der Waals surface area (Å²) >= 11 is 0. The average molecular weight is 403 g/mol. The number of imidazole rings is 1. The standard InChI is InChI=1S/C17H16F3N9/c1-11-8-13(29-16(24-11)22-10-23-29)26-4-6-27(7-5-26)14-15-25-12(17(18,19)20)9-28(15)3-2-21-14/h2-3,8-10H,4-7H2,1H3. The summed E-state index contributed by atoms with van der Waals surface area (Å²) in [5.41, 5.74) is 0.115. The summed E-state index contributed by atoms with van der Waals surface area (Å²) < 4.78 is 42.2. The van der Waals surface area contributed by atoms with E-state index in [1.807, 2.05) is 17.9 Å². The van der Waals surface area contributed by atoms with E-state index in [-0.39, 0.29) is 5.65 Å². The summed E-state index contributed by atoms with van der Waals surface area (Å²) in [6.07, 6.45) is 0.908. The van der Waals surface area contributed by atoms with E-state index in [9.17, 15) is 13.2 Å². The molecular formula is C17H16F3N9. The molecular weight excluding hydrogens is 387 g/mol. The summed E-state index contributed by atoms with van der Waals surface area (Å²) in [4.78, 5) is 20.7. The van der Waals surface area contributed by atoms with E-state index in [1.165, 1.54) is 23.1 Å². The van der Waals surface area contributed by atoms with E-state index in [0.29, 0.717) is 37.8 Å². The number of aryl methyl sites for hydroxylation is 1. The van der Waals surface area contributed by atoms with Crippen LogP contribution in [0.15, 0.2) is 31.0 Å². The van der Waals surface area contributed by atoms with Crippen LogP contribution in [-0.2, 0) is 6.18 Å². The van der Waals surface area contributed by atoms with Gasteiger partial charge in [0.1, 0.15) is 12.1 Å². The van der Waals surface area contributed by atoms with E-state index < -0.39 is 11.9 Å². The molecule has 0 atom stereocenters. The lowest BCUT2D eigenvalue weighted by Gasteiger charge is -2.36. The molecule has 5 rings (SSSR count). The van der Waals surface area contributed by atoms with E-state index in [1.54, 1.807) is 4.52 Å². The first-order valence-electron chi connectivity index (χ1n) is 8.98. The highest BCUT2D eigenvalue weighted by atomic mass is 19.4. The third kappa shape index (κ3) is 3.00. The summed E-state index contributed by atoms with van der Waals surface area (Å²) in [7, 11) is 0. The van der Waals surface area contributed by atoms with Crippen molar-refractivity contribution in [1.82, 2.24) is 34.0 Å². The molecule has 29 heavy (non-hydrogen) atoms. The first-order chi connectivity index (χ1) is 13.9. The zero-order chi connectivity index (χ0) is 20.2. The predicted molar refractivity (Wildman–Crippen MR) is 97.9 cm³/mol. The number of piperazine rings is 1. The average Bonchev–Trinajstić information content (AvgIpc) is 3.33. The van der Waals surface area contributed by atoms with E-state index in [4.69, 9.17) is 0 Å². The second-order valence-electron chi connectivity index (χ2n) is 6.81. The Morgan fingerprint density at radius 2 is 1.76 bits per heavy atom. The van der Waals surface area contributed by atoms with Crippen LogP contribution < -0.4 is 9.80 Å². The molecule has 1 fully saturated rings. The number of hydrogen-bond acceptors (Lipinski definition) is 7. The van der Waals surface area contributed by atoms with Gasteiger partial charge in [-0.2, -0.15) is 27.8 Å². The SMILES string of the molecule is Cc1cc(N2CCN(c3nccn4cc(C(F)(F)F)nc34)CC2)n2ncnc2n1. The van der Waals surface area contributed by atoms with Crippen LogP contribution in [-0.4, -0.2) is 60.1 Å². The van der Waals surface area contributed by atoms with Crippen LogP contribution in [0.25, 0.3) is 11.4 Å².